The Balaban J connectivity index is 2.27. The Morgan fingerprint density at radius 2 is 2.46 bits per heavy atom. The zero-order valence-electron chi connectivity index (χ0n) is 7.12. The lowest BCUT2D eigenvalue weighted by Gasteiger charge is -2.31. The third kappa shape index (κ3) is 1.81. The summed E-state index contributed by atoms with van der Waals surface area (Å²) in [6.07, 6.45) is 1.73. The largest absolute Gasteiger partial charge is 0.382 e. The molecule has 1 N–H and O–H groups in total. The molecule has 72 valence electrons. The molecule has 0 amide bonds. The minimum Gasteiger partial charge on any atom is -0.382 e. The number of halogens is 1. The minimum atomic E-state index is -0.759. The lowest BCUT2D eigenvalue weighted by Crippen LogP contribution is -2.35. The maximum atomic E-state index is 10.3. The number of thiophene rings is 1. The first-order valence-corrected chi connectivity index (χ1v) is 5.93. The van der Waals surface area contributed by atoms with Crippen LogP contribution in [0.3, 0.4) is 0 Å². The zero-order chi connectivity index (χ0) is 9.31. The summed E-state index contributed by atoms with van der Waals surface area (Å²) < 4.78 is 6.29. The molecule has 2 nitrogen and oxygen atoms in total. The van der Waals surface area contributed by atoms with E-state index in [0.29, 0.717) is 6.61 Å². The summed E-state index contributed by atoms with van der Waals surface area (Å²) in [6, 6.07) is 1.96. The van der Waals surface area contributed by atoms with E-state index in [-0.39, 0.29) is 0 Å². The fourth-order valence-corrected chi connectivity index (χ4v) is 3.44. The van der Waals surface area contributed by atoms with Crippen LogP contribution < -0.4 is 0 Å². The maximum absolute atomic E-state index is 10.3. The Morgan fingerprint density at radius 1 is 1.62 bits per heavy atom. The van der Waals surface area contributed by atoms with Gasteiger partial charge in [0.05, 0.1) is 11.5 Å². The highest BCUT2D eigenvalue weighted by atomic mass is 79.9. The summed E-state index contributed by atoms with van der Waals surface area (Å²) in [5.74, 6) is 0. The van der Waals surface area contributed by atoms with Crippen molar-refractivity contribution in [2.45, 2.75) is 18.4 Å². The van der Waals surface area contributed by atoms with Crippen molar-refractivity contribution in [3.05, 3.63) is 20.8 Å². The highest BCUT2D eigenvalue weighted by Gasteiger charge is 2.34. The van der Waals surface area contributed by atoms with Crippen LogP contribution in [-0.2, 0) is 10.3 Å². The Bertz CT molecular complexity index is 292. The van der Waals surface area contributed by atoms with Crippen LogP contribution in [0.25, 0.3) is 0 Å². The molecule has 1 fully saturated rings. The van der Waals surface area contributed by atoms with Crippen LogP contribution in [0.2, 0.25) is 0 Å². The van der Waals surface area contributed by atoms with Crippen molar-refractivity contribution in [1.82, 2.24) is 0 Å². The molecule has 1 atom stereocenters. The van der Waals surface area contributed by atoms with Gasteiger partial charge in [-0.15, -0.1) is 11.3 Å². The number of hydrogen-bond donors (Lipinski definition) is 1. The number of ether oxygens (including phenoxy) is 1. The van der Waals surface area contributed by atoms with Crippen molar-refractivity contribution in [3.63, 3.8) is 0 Å². The highest BCUT2D eigenvalue weighted by molar-refractivity contribution is 9.10. The van der Waals surface area contributed by atoms with Gasteiger partial charge in [0.25, 0.3) is 0 Å². The van der Waals surface area contributed by atoms with Crippen LogP contribution in [0.4, 0.5) is 0 Å². The van der Waals surface area contributed by atoms with Crippen molar-refractivity contribution in [3.8, 4) is 0 Å². The van der Waals surface area contributed by atoms with Crippen LogP contribution in [0.5, 0.6) is 0 Å². The maximum Gasteiger partial charge on any atom is 0.123 e. The summed E-state index contributed by atoms with van der Waals surface area (Å²) in [6.45, 7) is 1.19. The van der Waals surface area contributed by atoms with E-state index < -0.39 is 5.60 Å². The third-order valence-corrected chi connectivity index (χ3v) is 4.29. The summed E-state index contributed by atoms with van der Waals surface area (Å²) in [4.78, 5) is 0.993. The second kappa shape index (κ2) is 3.69. The quantitative estimate of drug-likeness (QED) is 0.843. The smallest absolute Gasteiger partial charge is 0.123 e. The van der Waals surface area contributed by atoms with Gasteiger partial charge in [0.1, 0.15) is 5.60 Å². The monoisotopic (exact) mass is 262 g/mol. The van der Waals surface area contributed by atoms with Gasteiger partial charge < -0.3 is 9.84 Å². The molecule has 0 spiro atoms. The molecule has 1 aromatic rings. The first-order valence-electron chi connectivity index (χ1n) is 4.26. The predicted molar refractivity (Wildman–Crippen MR) is 56.0 cm³/mol. The molecule has 1 aliphatic rings. The van der Waals surface area contributed by atoms with E-state index >= 15 is 0 Å². The van der Waals surface area contributed by atoms with Crippen LogP contribution in [0.1, 0.15) is 17.7 Å². The summed E-state index contributed by atoms with van der Waals surface area (Å²) in [5, 5.41) is 12.2. The van der Waals surface area contributed by atoms with Gasteiger partial charge in [0.15, 0.2) is 0 Å². The summed E-state index contributed by atoms with van der Waals surface area (Å²) >= 11 is 5.01. The molecule has 13 heavy (non-hydrogen) atoms. The van der Waals surface area contributed by atoms with Gasteiger partial charge in [-0.05, 0) is 40.2 Å². The highest BCUT2D eigenvalue weighted by Crippen LogP contribution is 2.38. The van der Waals surface area contributed by atoms with E-state index in [1.807, 2.05) is 11.4 Å². The molecule has 1 aromatic heterocycles. The molecule has 0 saturated carbocycles. The summed E-state index contributed by atoms with van der Waals surface area (Å²) in [5.41, 5.74) is -0.759. The first kappa shape index (κ1) is 9.65. The van der Waals surface area contributed by atoms with Gasteiger partial charge in [-0.1, -0.05) is 0 Å². The molecule has 0 bridgehead atoms. The van der Waals surface area contributed by atoms with E-state index in [2.05, 4.69) is 15.9 Å². The molecular formula is C9H11BrO2S. The van der Waals surface area contributed by atoms with Gasteiger partial charge in [-0.25, -0.2) is 0 Å². The predicted octanol–water partition coefficient (Wildman–Crippen LogP) is 2.51. The molecule has 2 rings (SSSR count). The molecule has 1 saturated heterocycles. The van der Waals surface area contributed by atoms with Crippen LogP contribution in [-0.4, -0.2) is 18.3 Å². The van der Waals surface area contributed by atoms with E-state index in [1.54, 1.807) is 11.3 Å². The first-order chi connectivity index (χ1) is 6.22. The Labute approximate surface area is 89.7 Å². The molecule has 2 heterocycles. The lowest BCUT2D eigenvalue weighted by molar-refractivity contribution is -0.0884. The van der Waals surface area contributed by atoms with Crippen molar-refractivity contribution in [2.24, 2.45) is 0 Å². The van der Waals surface area contributed by atoms with Gasteiger partial charge >= 0.3 is 0 Å². The molecule has 1 aliphatic heterocycles. The second-order valence-electron chi connectivity index (χ2n) is 3.29. The topological polar surface area (TPSA) is 29.5 Å². The second-order valence-corrected chi connectivity index (χ2v) is 5.06. The van der Waals surface area contributed by atoms with E-state index in [1.165, 1.54) is 0 Å². The van der Waals surface area contributed by atoms with Crippen LogP contribution in [0, 0.1) is 0 Å². The van der Waals surface area contributed by atoms with Crippen molar-refractivity contribution < 1.29 is 9.84 Å². The van der Waals surface area contributed by atoms with Gasteiger partial charge in [-0.2, -0.15) is 0 Å². The van der Waals surface area contributed by atoms with Crippen molar-refractivity contribution in [2.75, 3.05) is 13.2 Å². The third-order valence-electron chi connectivity index (χ3n) is 2.26. The fraction of sp³-hybridized carbons (Fsp3) is 0.556. The van der Waals surface area contributed by atoms with E-state index in [9.17, 15) is 5.11 Å². The number of hydrogen-bond acceptors (Lipinski definition) is 3. The minimum absolute atomic E-state index is 0.423. The molecule has 1 unspecified atom stereocenters. The van der Waals surface area contributed by atoms with E-state index in [4.69, 9.17) is 4.74 Å². The molecule has 0 aromatic carbocycles. The lowest BCUT2D eigenvalue weighted by atomic mass is 9.95. The van der Waals surface area contributed by atoms with E-state index in [0.717, 1.165) is 28.8 Å². The number of aliphatic hydroxyl groups is 1. The van der Waals surface area contributed by atoms with Crippen molar-refractivity contribution >= 4 is 27.3 Å². The molecule has 4 heteroatoms. The van der Waals surface area contributed by atoms with Gasteiger partial charge in [0, 0.05) is 11.1 Å². The van der Waals surface area contributed by atoms with Crippen LogP contribution >= 0.6 is 27.3 Å². The standard InChI is InChI=1S/C9H11BrO2S/c10-7-2-5-13-8(7)9(11)3-1-4-12-6-9/h2,5,11H,1,3-4,6H2. The van der Waals surface area contributed by atoms with Crippen LogP contribution in [0.15, 0.2) is 15.9 Å². The SMILES string of the molecule is OC1(c2sccc2Br)CCCOC1. The normalized spacial score (nSPS) is 29.1. The molecule has 0 radical (unpaired) electrons. The Morgan fingerprint density at radius 3 is 3.00 bits per heavy atom. The Kier molecular flexibility index (Phi) is 2.74. The molecular weight excluding hydrogens is 252 g/mol. The average molecular weight is 263 g/mol. The van der Waals surface area contributed by atoms with Crippen molar-refractivity contribution in [1.29, 1.82) is 0 Å². The zero-order valence-corrected chi connectivity index (χ0v) is 9.53. The fourth-order valence-electron chi connectivity index (χ4n) is 1.58. The Hall–Kier alpha value is 0.1000. The van der Waals surface area contributed by atoms with Gasteiger partial charge in [0.2, 0.25) is 0 Å². The summed E-state index contributed by atoms with van der Waals surface area (Å²) in [7, 11) is 0. The number of rotatable bonds is 1. The van der Waals surface area contributed by atoms with Gasteiger partial charge in [-0.3, -0.25) is 0 Å². The molecule has 0 aliphatic carbocycles. The average Bonchev–Trinajstić information content (AvgIpc) is 2.53.